The van der Waals surface area contributed by atoms with E-state index in [1.807, 2.05) is 37.3 Å². The minimum atomic E-state index is 0.274. The lowest BCUT2D eigenvalue weighted by atomic mass is 10.2. The van der Waals surface area contributed by atoms with Crippen molar-refractivity contribution < 1.29 is 9.47 Å². The van der Waals surface area contributed by atoms with Gasteiger partial charge in [-0.25, -0.2) is 9.97 Å². The van der Waals surface area contributed by atoms with Gasteiger partial charge in [0.1, 0.15) is 23.2 Å². The average Bonchev–Trinajstić information content (AvgIpc) is 3.06. The van der Waals surface area contributed by atoms with Gasteiger partial charge in [0.2, 0.25) is 0 Å². The molecule has 6 nitrogen and oxygen atoms in total. The molecule has 0 spiro atoms. The second kappa shape index (κ2) is 7.28. The summed E-state index contributed by atoms with van der Waals surface area (Å²) in [7, 11) is 1.65. The van der Waals surface area contributed by atoms with E-state index in [2.05, 4.69) is 20.6 Å². The lowest BCUT2D eigenvalue weighted by Gasteiger charge is -2.14. The van der Waals surface area contributed by atoms with E-state index in [0.29, 0.717) is 5.82 Å². The second-order valence-electron chi connectivity index (χ2n) is 5.53. The first kappa shape index (κ1) is 15.6. The molecule has 0 bridgehead atoms. The van der Waals surface area contributed by atoms with Crippen molar-refractivity contribution in [2.45, 2.75) is 25.9 Å². The monoisotopic (exact) mass is 314 g/mol. The number of aromatic nitrogens is 2. The molecular weight excluding hydrogens is 292 g/mol. The normalized spacial score (nSPS) is 17.0. The van der Waals surface area contributed by atoms with Crippen molar-refractivity contribution in [3.8, 4) is 5.75 Å². The largest absolute Gasteiger partial charge is 0.495 e. The molecule has 2 heterocycles. The summed E-state index contributed by atoms with van der Waals surface area (Å²) in [6.07, 6.45) is 2.51. The summed E-state index contributed by atoms with van der Waals surface area (Å²) >= 11 is 0. The molecule has 1 unspecified atom stereocenters. The van der Waals surface area contributed by atoms with Gasteiger partial charge in [0.25, 0.3) is 0 Å². The van der Waals surface area contributed by atoms with Gasteiger partial charge in [0.15, 0.2) is 0 Å². The maximum absolute atomic E-state index is 5.62. The van der Waals surface area contributed by atoms with Crippen LogP contribution in [-0.4, -0.2) is 36.3 Å². The Bertz CT molecular complexity index is 657. The topological polar surface area (TPSA) is 68.3 Å². The molecule has 23 heavy (non-hydrogen) atoms. The number of nitrogens with zero attached hydrogens (tertiary/aromatic N) is 2. The van der Waals surface area contributed by atoms with Gasteiger partial charge in [0, 0.05) is 19.2 Å². The Morgan fingerprint density at radius 1 is 1.26 bits per heavy atom. The molecule has 0 aliphatic carbocycles. The second-order valence-corrected chi connectivity index (χ2v) is 5.53. The van der Waals surface area contributed by atoms with Crippen molar-refractivity contribution in [1.29, 1.82) is 0 Å². The number of methoxy groups -OCH3 is 1. The van der Waals surface area contributed by atoms with Crippen LogP contribution in [-0.2, 0) is 4.74 Å². The van der Waals surface area contributed by atoms with Crippen LogP contribution < -0.4 is 15.4 Å². The van der Waals surface area contributed by atoms with Crippen molar-refractivity contribution in [3.63, 3.8) is 0 Å². The molecule has 0 amide bonds. The van der Waals surface area contributed by atoms with Crippen LogP contribution in [0.3, 0.4) is 0 Å². The van der Waals surface area contributed by atoms with Gasteiger partial charge in [-0.1, -0.05) is 12.1 Å². The van der Waals surface area contributed by atoms with E-state index < -0.39 is 0 Å². The number of para-hydroxylation sites is 2. The van der Waals surface area contributed by atoms with Gasteiger partial charge in [-0.2, -0.15) is 0 Å². The lowest BCUT2D eigenvalue weighted by molar-refractivity contribution is 0.120. The van der Waals surface area contributed by atoms with Crippen molar-refractivity contribution in [1.82, 2.24) is 9.97 Å². The van der Waals surface area contributed by atoms with Crippen molar-refractivity contribution >= 4 is 17.3 Å². The Labute approximate surface area is 136 Å². The summed E-state index contributed by atoms with van der Waals surface area (Å²) in [5.41, 5.74) is 0.873. The number of ether oxygens (including phenoxy) is 2. The number of hydrogen-bond donors (Lipinski definition) is 2. The predicted molar refractivity (Wildman–Crippen MR) is 90.5 cm³/mol. The van der Waals surface area contributed by atoms with Crippen LogP contribution in [0.4, 0.5) is 17.3 Å². The quantitative estimate of drug-likeness (QED) is 0.854. The summed E-state index contributed by atoms with van der Waals surface area (Å²) in [5.74, 6) is 3.01. The third kappa shape index (κ3) is 4.10. The van der Waals surface area contributed by atoms with Gasteiger partial charge < -0.3 is 20.1 Å². The molecule has 1 aromatic carbocycles. The van der Waals surface area contributed by atoms with Crippen LogP contribution in [0.2, 0.25) is 0 Å². The maximum atomic E-state index is 5.62. The molecule has 3 rings (SSSR count). The number of hydrogen-bond acceptors (Lipinski definition) is 6. The van der Waals surface area contributed by atoms with Gasteiger partial charge in [-0.05, 0) is 31.9 Å². The highest BCUT2D eigenvalue weighted by Crippen LogP contribution is 2.27. The molecule has 2 N–H and O–H groups in total. The van der Waals surface area contributed by atoms with E-state index in [0.717, 1.165) is 49.1 Å². The molecule has 1 fully saturated rings. The average molecular weight is 314 g/mol. The lowest BCUT2D eigenvalue weighted by Crippen LogP contribution is -2.19. The Morgan fingerprint density at radius 2 is 2.09 bits per heavy atom. The van der Waals surface area contributed by atoms with Gasteiger partial charge in [-0.15, -0.1) is 0 Å². The molecule has 0 radical (unpaired) electrons. The smallest absolute Gasteiger partial charge is 0.142 e. The molecule has 122 valence electrons. The highest BCUT2D eigenvalue weighted by molar-refractivity contribution is 5.65. The SMILES string of the molecule is COc1ccccc1Nc1cc(NCC2CCCO2)nc(C)n1. The van der Waals surface area contributed by atoms with E-state index in [4.69, 9.17) is 9.47 Å². The molecule has 2 aromatic rings. The number of rotatable bonds is 6. The predicted octanol–water partition coefficient (Wildman–Crippen LogP) is 3.13. The van der Waals surface area contributed by atoms with E-state index in [1.54, 1.807) is 7.11 Å². The molecule has 1 aromatic heterocycles. The zero-order valence-electron chi connectivity index (χ0n) is 13.5. The number of anilines is 3. The van der Waals surface area contributed by atoms with Crippen LogP contribution in [0, 0.1) is 6.92 Å². The van der Waals surface area contributed by atoms with Crippen LogP contribution in [0.15, 0.2) is 30.3 Å². The number of aryl methyl sites for hydroxylation is 1. The zero-order valence-corrected chi connectivity index (χ0v) is 13.5. The molecule has 1 saturated heterocycles. The van der Waals surface area contributed by atoms with Crippen LogP contribution >= 0.6 is 0 Å². The van der Waals surface area contributed by atoms with Crippen LogP contribution in [0.25, 0.3) is 0 Å². The molecule has 6 heteroatoms. The van der Waals surface area contributed by atoms with E-state index in [1.165, 1.54) is 0 Å². The van der Waals surface area contributed by atoms with E-state index in [9.17, 15) is 0 Å². The van der Waals surface area contributed by atoms with Crippen LogP contribution in [0.5, 0.6) is 5.75 Å². The summed E-state index contributed by atoms with van der Waals surface area (Å²) in [6, 6.07) is 9.65. The third-order valence-corrected chi connectivity index (χ3v) is 3.74. The van der Waals surface area contributed by atoms with Crippen molar-refractivity contribution in [2.75, 3.05) is 30.9 Å². The molecular formula is C17H22N4O2. The minimum Gasteiger partial charge on any atom is -0.495 e. The molecule has 1 atom stereocenters. The first-order chi connectivity index (χ1) is 11.2. The summed E-state index contributed by atoms with van der Waals surface area (Å²) < 4.78 is 11.0. The Balaban J connectivity index is 1.71. The van der Waals surface area contributed by atoms with E-state index >= 15 is 0 Å². The summed E-state index contributed by atoms with van der Waals surface area (Å²) in [6.45, 7) is 3.50. The first-order valence-corrected chi connectivity index (χ1v) is 7.86. The Hall–Kier alpha value is -2.34. The fourth-order valence-electron chi connectivity index (χ4n) is 2.63. The first-order valence-electron chi connectivity index (χ1n) is 7.86. The standard InChI is InChI=1S/C17H22N4O2/c1-12-19-16(18-11-13-6-5-9-23-13)10-17(20-12)21-14-7-3-4-8-15(14)22-2/h3-4,7-8,10,13H,5-6,9,11H2,1-2H3,(H2,18,19,20,21). The highest BCUT2D eigenvalue weighted by atomic mass is 16.5. The van der Waals surface area contributed by atoms with Crippen molar-refractivity contribution in [3.05, 3.63) is 36.2 Å². The maximum Gasteiger partial charge on any atom is 0.142 e. The van der Waals surface area contributed by atoms with Gasteiger partial charge in [-0.3, -0.25) is 0 Å². The molecule has 0 saturated carbocycles. The van der Waals surface area contributed by atoms with E-state index in [-0.39, 0.29) is 6.10 Å². The fourth-order valence-corrected chi connectivity index (χ4v) is 2.63. The highest BCUT2D eigenvalue weighted by Gasteiger charge is 2.15. The number of benzene rings is 1. The third-order valence-electron chi connectivity index (χ3n) is 3.74. The van der Waals surface area contributed by atoms with Crippen LogP contribution in [0.1, 0.15) is 18.7 Å². The number of nitrogens with one attached hydrogen (secondary N) is 2. The van der Waals surface area contributed by atoms with Crippen molar-refractivity contribution in [2.24, 2.45) is 0 Å². The van der Waals surface area contributed by atoms with Gasteiger partial charge in [0.05, 0.1) is 18.9 Å². The zero-order chi connectivity index (χ0) is 16.1. The summed E-state index contributed by atoms with van der Waals surface area (Å²) in [4.78, 5) is 8.87. The summed E-state index contributed by atoms with van der Waals surface area (Å²) in [5, 5.41) is 6.62. The molecule has 1 aliphatic heterocycles. The molecule has 1 aliphatic rings. The fraction of sp³-hybridized carbons (Fsp3) is 0.412. The Kier molecular flexibility index (Phi) is 4.92. The van der Waals surface area contributed by atoms with Gasteiger partial charge >= 0.3 is 0 Å². The minimum absolute atomic E-state index is 0.274. The Morgan fingerprint density at radius 3 is 2.87 bits per heavy atom.